The maximum atomic E-state index is 13.8. The van der Waals surface area contributed by atoms with Crippen LogP contribution in [-0.2, 0) is 0 Å². The van der Waals surface area contributed by atoms with Gasteiger partial charge in [0.15, 0.2) is 11.6 Å². The van der Waals surface area contributed by atoms with Crippen molar-refractivity contribution in [2.75, 3.05) is 31.9 Å². The van der Waals surface area contributed by atoms with E-state index in [2.05, 4.69) is 23.7 Å². The van der Waals surface area contributed by atoms with Gasteiger partial charge in [-0.3, -0.25) is 9.69 Å². The highest BCUT2D eigenvalue weighted by Crippen LogP contribution is 2.17. The number of piperazine rings is 1. The molecule has 0 saturated carbocycles. The molecule has 0 aliphatic carbocycles. The highest BCUT2D eigenvalue weighted by Gasteiger charge is 2.28. The molecule has 1 atom stereocenters. The summed E-state index contributed by atoms with van der Waals surface area (Å²) in [6, 6.07) is 1.66. The van der Waals surface area contributed by atoms with Gasteiger partial charge in [0.1, 0.15) is 0 Å². The lowest BCUT2D eigenvalue weighted by molar-refractivity contribution is 0.0524. The molecule has 0 aromatic carbocycles. The summed E-state index contributed by atoms with van der Waals surface area (Å²) in [5, 5.41) is 0. The van der Waals surface area contributed by atoms with Crippen LogP contribution >= 0.6 is 0 Å². The SMILES string of the molecule is CCN1CCN(C(=O)c2ccnc(N)c2F)CC1C. The number of nitrogens with two attached hydrogens (primary N) is 1. The number of nitrogens with zero attached hydrogens (tertiary/aromatic N) is 3. The molecule has 1 amide bonds. The normalized spacial score (nSPS) is 20.6. The highest BCUT2D eigenvalue weighted by atomic mass is 19.1. The van der Waals surface area contributed by atoms with E-state index in [0.717, 1.165) is 13.1 Å². The van der Waals surface area contributed by atoms with Gasteiger partial charge in [-0.1, -0.05) is 6.92 Å². The molecule has 5 nitrogen and oxygen atoms in total. The number of likely N-dealkylation sites (N-methyl/N-ethyl adjacent to an activating group) is 1. The van der Waals surface area contributed by atoms with Crippen molar-refractivity contribution in [1.82, 2.24) is 14.8 Å². The molecule has 2 rings (SSSR count). The van der Waals surface area contributed by atoms with E-state index in [9.17, 15) is 9.18 Å². The van der Waals surface area contributed by atoms with Gasteiger partial charge in [0.2, 0.25) is 0 Å². The fourth-order valence-corrected chi connectivity index (χ4v) is 2.44. The molecule has 1 fully saturated rings. The molecule has 1 unspecified atom stereocenters. The van der Waals surface area contributed by atoms with Crippen LogP contribution < -0.4 is 5.73 Å². The average Bonchev–Trinajstić information content (AvgIpc) is 2.41. The Kier molecular flexibility index (Phi) is 3.99. The number of nitrogen functional groups attached to an aromatic ring is 1. The lowest BCUT2D eigenvalue weighted by atomic mass is 10.1. The number of carbonyl (C=O) groups excluding carboxylic acids is 1. The predicted octanol–water partition coefficient (Wildman–Crippen LogP) is 0.969. The van der Waals surface area contributed by atoms with E-state index in [0.29, 0.717) is 13.1 Å². The fourth-order valence-electron chi connectivity index (χ4n) is 2.44. The highest BCUT2D eigenvalue weighted by molar-refractivity contribution is 5.95. The van der Waals surface area contributed by atoms with Gasteiger partial charge in [0, 0.05) is 31.9 Å². The van der Waals surface area contributed by atoms with Crippen molar-refractivity contribution < 1.29 is 9.18 Å². The number of rotatable bonds is 2. The molecular formula is C13H19FN4O. The van der Waals surface area contributed by atoms with Gasteiger partial charge in [0.25, 0.3) is 5.91 Å². The van der Waals surface area contributed by atoms with E-state index < -0.39 is 5.82 Å². The Balaban J connectivity index is 2.15. The van der Waals surface area contributed by atoms with Crippen molar-refractivity contribution >= 4 is 11.7 Å². The monoisotopic (exact) mass is 266 g/mol. The maximum Gasteiger partial charge on any atom is 0.257 e. The molecule has 0 bridgehead atoms. The van der Waals surface area contributed by atoms with Crippen LogP contribution in [0.15, 0.2) is 12.3 Å². The first-order valence-electron chi connectivity index (χ1n) is 6.48. The van der Waals surface area contributed by atoms with Gasteiger partial charge in [-0.05, 0) is 19.5 Å². The number of carbonyl (C=O) groups is 1. The second kappa shape index (κ2) is 5.52. The fraction of sp³-hybridized carbons (Fsp3) is 0.538. The molecule has 1 aliphatic rings. The molecule has 6 heteroatoms. The van der Waals surface area contributed by atoms with Crippen LogP contribution in [0, 0.1) is 5.82 Å². The van der Waals surface area contributed by atoms with Crippen molar-refractivity contribution in [2.45, 2.75) is 19.9 Å². The lowest BCUT2D eigenvalue weighted by Gasteiger charge is -2.39. The Labute approximate surface area is 112 Å². The minimum atomic E-state index is -0.724. The van der Waals surface area contributed by atoms with Gasteiger partial charge in [-0.15, -0.1) is 0 Å². The third-order valence-corrected chi connectivity index (χ3v) is 3.61. The Morgan fingerprint density at radius 2 is 2.32 bits per heavy atom. The summed E-state index contributed by atoms with van der Waals surface area (Å²) in [7, 11) is 0. The van der Waals surface area contributed by atoms with Crippen molar-refractivity contribution in [3.8, 4) is 0 Å². The first-order chi connectivity index (χ1) is 9.04. The minimum absolute atomic E-state index is 0.00430. The molecule has 1 aromatic rings. The van der Waals surface area contributed by atoms with Gasteiger partial charge >= 0.3 is 0 Å². The number of halogens is 1. The molecule has 0 spiro atoms. The smallest absolute Gasteiger partial charge is 0.257 e. The second-order valence-corrected chi connectivity index (χ2v) is 4.79. The topological polar surface area (TPSA) is 62.5 Å². The second-order valence-electron chi connectivity index (χ2n) is 4.79. The molecule has 1 aromatic heterocycles. The summed E-state index contributed by atoms with van der Waals surface area (Å²) < 4.78 is 13.8. The Bertz CT molecular complexity index is 480. The molecule has 1 aliphatic heterocycles. The molecule has 1 saturated heterocycles. The van der Waals surface area contributed by atoms with E-state index in [1.165, 1.54) is 12.3 Å². The summed E-state index contributed by atoms with van der Waals surface area (Å²) in [5.74, 6) is -1.27. The van der Waals surface area contributed by atoms with E-state index >= 15 is 0 Å². The summed E-state index contributed by atoms with van der Waals surface area (Å²) in [4.78, 5) is 19.9. The maximum absolute atomic E-state index is 13.8. The van der Waals surface area contributed by atoms with Gasteiger partial charge in [-0.25, -0.2) is 9.37 Å². The van der Waals surface area contributed by atoms with Crippen LogP contribution in [0.2, 0.25) is 0 Å². The minimum Gasteiger partial charge on any atom is -0.381 e. The number of hydrogen-bond acceptors (Lipinski definition) is 4. The van der Waals surface area contributed by atoms with E-state index in [4.69, 9.17) is 5.73 Å². The van der Waals surface area contributed by atoms with Gasteiger partial charge in [0.05, 0.1) is 5.56 Å². The van der Waals surface area contributed by atoms with Crippen LogP contribution in [0.1, 0.15) is 24.2 Å². The van der Waals surface area contributed by atoms with Crippen molar-refractivity contribution in [1.29, 1.82) is 0 Å². The van der Waals surface area contributed by atoms with E-state index in [1.54, 1.807) is 4.90 Å². The number of anilines is 1. The number of amides is 1. The van der Waals surface area contributed by atoms with Gasteiger partial charge < -0.3 is 10.6 Å². The van der Waals surface area contributed by atoms with Crippen molar-refractivity contribution in [2.24, 2.45) is 0 Å². The van der Waals surface area contributed by atoms with Crippen LogP contribution in [0.5, 0.6) is 0 Å². The zero-order chi connectivity index (χ0) is 14.0. The quantitative estimate of drug-likeness (QED) is 0.866. The Morgan fingerprint density at radius 3 is 2.95 bits per heavy atom. The number of hydrogen-bond donors (Lipinski definition) is 1. The standard InChI is InChI=1S/C13H19FN4O/c1-3-17-6-7-18(8-9(17)2)13(19)10-4-5-16-12(15)11(10)14/h4-5,9H,3,6-8H2,1-2H3,(H2,15,16). The molecule has 2 N–H and O–H groups in total. The Hall–Kier alpha value is -1.69. The summed E-state index contributed by atoms with van der Waals surface area (Å²) in [6.07, 6.45) is 1.36. The van der Waals surface area contributed by atoms with Crippen LogP contribution in [0.4, 0.5) is 10.2 Å². The molecular weight excluding hydrogens is 247 g/mol. The van der Waals surface area contributed by atoms with Crippen LogP contribution in [-0.4, -0.2) is 52.9 Å². The largest absolute Gasteiger partial charge is 0.381 e. The lowest BCUT2D eigenvalue weighted by Crippen LogP contribution is -2.53. The van der Waals surface area contributed by atoms with E-state index in [1.807, 2.05) is 0 Å². The third kappa shape index (κ3) is 2.68. The molecule has 104 valence electrons. The van der Waals surface area contributed by atoms with Crippen LogP contribution in [0.3, 0.4) is 0 Å². The summed E-state index contributed by atoms with van der Waals surface area (Å²) >= 11 is 0. The number of aromatic nitrogens is 1. The predicted molar refractivity (Wildman–Crippen MR) is 71.2 cm³/mol. The first-order valence-corrected chi connectivity index (χ1v) is 6.48. The molecule has 19 heavy (non-hydrogen) atoms. The van der Waals surface area contributed by atoms with Crippen LogP contribution in [0.25, 0.3) is 0 Å². The van der Waals surface area contributed by atoms with Crippen molar-refractivity contribution in [3.63, 3.8) is 0 Å². The zero-order valence-electron chi connectivity index (χ0n) is 11.3. The average molecular weight is 266 g/mol. The third-order valence-electron chi connectivity index (χ3n) is 3.61. The summed E-state index contributed by atoms with van der Waals surface area (Å²) in [6.45, 7) is 7.15. The molecule has 0 radical (unpaired) electrons. The van der Waals surface area contributed by atoms with Gasteiger partial charge in [-0.2, -0.15) is 0 Å². The zero-order valence-corrected chi connectivity index (χ0v) is 11.3. The first kappa shape index (κ1) is 13.7. The Morgan fingerprint density at radius 1 is 1.58 bits per heavy atom. The molecule has 2 heterocycles. The number of pyridine rings is 1. The summed E-state index contributed by atoms with van der Waals surface area (Å²) in [5.41, 5.74) is 5.40. The van der Waals surface area contributed by atoms with Crippen molar-refractivity contribution in [3.05, 3.63) is 23.6 Å². The van der Waals surface area contributed by atoms with E-state index in [-0.39, 0.29) is 23.3 Å².